The number of allylic oxidation sites excluding steroid dienone is 2. The van der Waals surface area contributed by atoms with Crippen molar-refractivity contribution < 1.29 is 9.13 Å². The van der Waals surface area contributed by atoms with Crippen LogP contribution in [-0.2, 0) is 13.0 Å². The van der Waals surface area contributed by atoms with Crippen molar-refractivity contribution in [1.82, 2.24) is 9.55 Å². The number of rotatable bonds is 6. The van der Waals surface area contributed by atoms with Crippen LogP contribution in [0.25, 0.3) is 10.9 Å². The van der Waals surface area contributed by atoms with Gasteiger partial charge in [-0.1, -0.05) is 23.8 Å². The Balaban J connectivity index is 0.00000261. The highest BCUT2D eigenvalue weighted by Crippen LogP contribution is 2.31. The van der Waals surface area contributed by atoms with Gasteiger partial charge in [0.2, 0.25) is 5.88 Å². The Hall–Kier alpha value is -2.33. The molecule has 5 heteroatoms. The quantitative estimate of drug-likeness (QED) is 0.499. The summed E-state index contributed by atoms with van der Waals surface area (Å²) in [6.07, 6.45) is 4.72. The topological polar surface area (TPSA) is 27.1 Å². The van der Waals surface area contributed by atoms with Gasteiger partial charge in [-0.15, -0.1) is 12.4 Å². The molecule has 3 rings (SSSR count). The third kappa shape index (κ3) is 4.69. The number of aromatic nitrogens is 2. The first-order valence-corrected chi connectivity index (χ1v) is 8.92. The maximum Gasteiger partial charge on any atom is 0.238 e. The van der Waals surface area contributed by atoms with Gasteiger partial charge < -0.3 is 9.30 Å². The molecular weight excluding hydrogens is 363 g/mol. The van der Waals surface area contributed by atoms with Crippen LogP contribution in [0.3, 0.4) is 0 Å². The van der Waals surface area contributed by atoms with Crippen molar-refractivity contribution in [3.63, 3.8) is 0 Å². The average molecular weight is 389 g/mol. The number of nitrogens with zero attached hydrogens (tertiary/aromatic N) is 2. The van der Waals surface area contributed by atoms with E-state index in [0.29, 0.717) is 18.9 Å². The summed E-state index contributed by atoms with van der Waals surface area (Å²) in [6, 6.07) is 8.58. The number of aryl methyl sites for hydroxylation is 1. The molecule has 0 atom stereocenters. The molecule has 0 aliphatic heterocycles. The van der Waals surface area contributed by atoms with Gasteiger partial charge in [-0.05, 0) is 57.0 Å². The van der Waals surface area contributed by atoms with Gasteiger partial charge >= 0.3 is 0 Å². The lowest BCUT2D eigenvalue weighted by atomic mass is 10.1. The van der Waals surface area contributed by atoms with E-state index in [0.717, 1.165) is 17.6 Å². The molecule has 3 aromatic rings. The van der Waals surface area contributed by atoms with E-state index < -0.39 is 0 Å². The molecule has 0 saturated heterocycles. The molecular formula is C22H26ClFN2O. The summed E-state index contributed by atoms with van der Waals surface area (Å²) in [5, 5.41) is 1.18. The highest BCUT2D eigenvalue weighted by molar-refractivity contribution is 5.88. The third-order valence-electron chi connectivity index (χ3n) is 4.74. The van der Waals surface area contributed by atoms with E-state index in [-0.39, 0.29) is 18.2 Å². The van der Waals surface area contributed by atoms with Crippen LogP contribution >= 0.6 is 12.4 Å². The molecule has 2 aromatic heterocycles. The Morgan fingerprint density at radius 1 is 1.15 bits per heavy atom. The third-order valence-corrected chi connectivity index (χ3v) is 4.74. The summed E-state index contributed by atoms with van der Waals surface area (Å²) in [5.41, 5.74) is 5.86. The second-order valence-electron chi connectivity index (χ2n) is 6.84. The van der Waals surface area contributed by atoms with Gasteiger partial charge in [0.25, 0.3) is 0 Å². The average Bonchev–Trinajstić information content (AvgIpc) is 2.87. The van der Waals surface area contributed by atoms with Gasteiger partial charge in [-0.3, -0.25) is 0 Å². The zero-order chi connectivity index (χ0) is 18.7. The molecule has 2 heterocycles. The van der Waals surface area contributed by atoms with Crippen LogP contribution in [-0.4, -0.2) is 16.2 Å². The van der Waals surface area contributed by atoms with Crippen LogP contribution < -0.4 is 4.74 Å². The Bertz CT molecular complexity index is 941. The fraction of sp³-hybridized carbons (Fsp3) is 0.318. The molecule has 0 fully saturated rings. The molecule has 0 aliphatic carbocycles. The van der Waals surface area contributed by atoms with Crippen molar-refractivity contribution in [3.05, 3.63) is 70.8 Å². The summed E-state index contributed by atoms with van der Waals surface area (Å²) in [7, 11) is 0. The molecule has 0 saturated carbocycles. The summed E-state index contributed by atoms with van der Waals surface area (Å²) in [6.45, 7) is 9.79. The zero-order valence-corrected chi connectivity index (χ0v) is 17.1. The predicted octanol–water partition coefficient (Wildman–Crippen LogP) is 5.80. The smallest absolute Gasteiger partial charge is 0.238 e. The molecule has 0 aliphatic rings. The zero-order valence-electron chi connectivity index (χ0n) is 16.3. The minimum atomic E-state index is -0.218. The van der Waals surface area contributed by atoms with Crippen LogP contribution in [0.4, 0.5) is 4.39 Å². The van der Waals surface area contributed by atoms with Crippen molar-refractivity contribution in [2.75, 3.05) is 6.61 Å². The summed E-state index contributed by atoms with van der Waals surface area (Å²) in [4.78, 5) is 4.47. The van der Waals surface area contributed by atoms with E-state index in [1.807, 2.05) is 6.07 Å². The van der Waals surface area contributed by atoms with Crippen molar-refractivity contribution in [2.45, 2.75) is 40.7 Å². The van der Waals surface area contributed by atoms with Crippen LogP contribution in [0.2, 0.25) is 0 Å². The monoisotopic (exact) mass is 388 g/mol. The molecule has 0 bridgehead atoms. The molecule has 0 N–H and O–H groups in total. The summed E-state index contributed by atoms with van der Waals surface area (Å²) < 4.78 is 21.3. The van der Waals surface area contributed by atoms with Gasteiger partial charge in [-0.25, -0.2) is 9.37 Å². The standard InChI is InChI=1S/C22H25FN2O.ClH/c1-15(2)10-13-25-17(4)16(3)20-9-12-24-22(21(20)25)26-14-11-18-5-7-19(23)8-6-18;/h5-10,12H,11,13-14H2,1-4H3;1H. The van der Waals surface area contributed by atoms with E-state index in [1.54, 1.807) is 18.3 Å². The summed E-state index contributed by atoms with van der Waals surface area (Å²) >= 11 is 0. The Labute approximate surface area is 166 Å². The van der Waals surface area contributed by atoms with E-state index >= 15 is 0 Å². The minimum Gasteiger partial charge on any atom is -0.476 e. The molecule has 27 heavy (non-hydrogen) atoms. The molecule has 1 aromatic carbocycles. The number of ether oxygens (including phenoxy) is 1. The normalized spacial score (nSPS) is 10.6. The molecule has 0 radical (unpaired) electrons. The van der Waals surface area contributed by atoms with E-state index in [1.165, 1.54) is 34.3 Å². The Morgan fingerprint density at radius 3 is 2.52 bits per heavy atom. The number of halogens is 2. The predicted molar refractivity (Wildman–Crippen MR) is 111 cm³/mol. The maximum atomic E-state index is 13.0. The SMILES string of the molecule is CC(C)=CCn1c(C)c(C)c2ccnc(OCCc3ccc(F)cc3)c21.Cl. The van der Waals surface area contributed by atoms with Crippen molar-refractivity contribution in [3.8, 4) is 5.88 Å². The number of fused-ring (bicyclic) bond motifs is 1. The van der Waals surface area contributed by atoms with Crippen molar-refractivity contribution >= 4 is 23.3 Å². The first kappa shape index (κ1) is 21.0. The maximum absolute atomic E-state index is 13.0. The lowest BCUT2D eigenvalue weighted by Crippen LogP contribution is -2.06. The molecule has 3 nitrogen and oxygen atoms in total. The molecule has 144 valence electrons. The van der Waals surface area contributed by atoms with E-state index in [9.17, 15) is 4.39 Å². The van der Waals surface area contributed by atoms with Crippen LogP contribution in [0.15, 0.2) is 48.2 Å². The number of pyridine rings is 1. The number of hydrogen-bond donors (Lipinski definition) is 0. The van der Waals surface area contributed by atoms with E-state index in [2.05, 4.69) is 43.3 Å². The first-order valence-electron chi connectivity index (χ1n) is 8.92. The van der Waals surface area contributed by atoms with E-state index in [4.69, 9.17) is 4.74 Å². The second-order valence-corrected chi connectivity index (χ2v) is 6.84. The van der Waals surface area contributed by atoms with Gasteiger partial charge in [0.05, 0.1) is 6.61 Å². The Kier molecular flexibility index (Phi) is 7.03. The van der Waals surface area contributed by atoms with Gasteiger partial charge in [-0.2, -0.15) is 0 Å². The summed E-state index contributed by atoms with van der Waals surface area (Å²) in [5.74, 6) is 0.437. The first-order chi connectivity index (χ1) is 12.5. The Morgan fingerprint density at radius 2 is 1.85 bits per heavy atom. The van der Waals surface area contributed by atoms with Gasteiger partial charge in [0.1, 0.15) is 11.3 Å². The fourth-order valence-corrected chi connectivity index (χ4v) is 3.09. The highest BCUT2D eigenvalue weighted by atomic mass is 35.5. The minimum absolute atomic E-state index is 0. The lowest BCUT2D eigenvalue weighted by molar-refractivity contribution is 0.312. The van der Waals surface area contributed by atoms with Crippen LogP contribution in [0.5, 0.6) is 5.88 Å². The van der Waals surface area contributed by atoms with Crippen LogP contribution in [0.1, 0.15) is 30.7 Å². The lowest BCUT2D eigenvalue weighted by Gasteiger charge is -2.11. The molecule has 0 amide bonds. The van der Waals surface area contributed by atoms with Gasteiger partial charge in [0.15, 0.2) is 0 Å². The van der Waals surface area contributed by atoms with Crippen molar-refractivity contribution in [2.24, 2.45) is 0 Å². The molecule has 0 unspecified atom stereocenters. The highest BCUT2D eigenvalue weighted by Gasteiger charge is 2.15. The number of hydrogen-bond acceptors (Lipinski definition) is 2. The van der Waals surface area contributed by atoms with Crippen LogP contribution in [0, 0.1) is 19.7 Å². The largest absolute Gasteiger partial charge is 0.476 e. The second kappa shape index (κ2) is 9.05. The fourth-order valence-electron chi connectivity index (χ4n) is 3.09. The molecule has 0 spiro atoms. The van der Waals surface area contributed by atoms with Crippen molar-refractivity contribution in [1.29, 1.82) is 0 Å². The van der Waals surface area contributed by atoms with Gasteiger partial charge in [0, 0.05) is 30.2 Å². The number of benzene rings is 1.